The van der Waals surface area contributed by atoms with Crippen molar-refractivity contribution in [2.24, 2.45) is 5.92 Å². The summed E-state index contributed by atoms with van der Waals surface area (Å²) in [7, 11) is 0. The van der Waals surface area contributed by atoms with E-state index in [0.717, 1.165) is 34.2 Å². The summed E-state index contributed by atoms with van der Waals surface area (Å²) in [6.07, 6.45) is 0. The molecule has 2 aromatic rings. The molecule has 0 unspecified atom stereocenters. The van der Waals surface area contributed by atoms with Gasteiger partial charge in [-0.1, -0.05) is 43.3 Å². The minimum Gasteiger partial charge on any atom is -0.323 e. The molecule has 27 heavy (non-hydrogen) atoms. The number of anilines is 1. The number of hydrogen-bond donors (Lipinski definition) is 2. The zero-order valence-electron chi connectivity index (χ0n) is 16.8. The summed E-state index contributed by atoms with van der Waals surface area (Å²) in [6.45, 7) is 13.0. The smallest absolute Gasteiger partial charge is 0.323 e. The molecule has 0 atom stereocenters. The normalized spacial score (nSPS) is 10.9. The molecule has 0 aliphatic carbocycles. The molecule has 6 nitrogen and oxygen atoms in total. The van der Waals surface area contributed by atoms with Gasteiger partial charge in [-0.3, -0.25) is 10.1 Å². The third-order valence-electron chi connectivity index (χ3n) is 4.19. The summed E-state index contributed by atoms with van der Waals surface area (Å²) in [6, 6.07) is 5.20. The number of rotatable bonds is 6. The van der Waals surface area contributed by atoms with Crippen LogP contribution in [0, 0.1) is 33.6 Å². The molecule has 1 aromatic heterocycles. The fourth-order valence-corrected chi connectivity index (χ4v) is 3.62. The van der Waals surface area contributed by atoms with E-state index in [2.05, 4.69) is 34.0 Å². The van der Waals surface area contributed by atoms with Crippen molar-refractivity contribution in [3.8, 4) is 0 Å². The van der Waals surface area contributed by atoms with Gasteiger partial charge in [0.05, 0.1) is 11.4 Å². The monoisotopic (exact) mass is 388 g/mol. The zero-order valence-corrected chi connectivity index (χ0v) is 17.7. The molecule has 146 valence electrons. The highest BCUT2D eigenvalue weighted by atomic mass is 32.2. The second kappa shape index (κ2) is 9.08. The van der Waals surface area contributed by atoms with Crippen LogP contribution in [0.25, 0.3) is 0 Å². The van der Waals surface area contributed by atoms with Crippen LogP contribution in [0.2, 0.25) is 0 Å². The average Bonchev–Trinajstić information content (AvgIpc) is 2.83. The Bertz CT molecular complexity index is 843. The first-order valence-corrected chi connectivity index (χ1v) is 10.0. The van der Waals surface area contributed by atoms with Crippen molar-refractivity contribution in [3.05, 3.63) is 40.7 Å². The Hall–Kier alpha value is -2.28. The Morgan fingerprint density at radius 1 is 1.19 bits per heavy atom. The zero-order chi connectivity index (χ0) is 20.1. The quantitative estimate of drug-likeness (QED) is 0.727. The van der Waals surface area contributed by atoms with Crippen LogP contribution in [0.3, 0.4) is 0 Å². The largest absolute Gasteiger partial charge is 0.325 e. The van der Waals surface area contributed by atoms with Crippen LogP contribution in [-0.2, 0) is 11.3 Å². The molecule has 0 aliphatic rings. The number of aromatic nitrogens is 2. The van der Waals surface area contributed by atoms with Gasteiger partial charge < -0.3 is 9.88 Å². The van der Waals surface area contributed by atoms with E-state index >= 15 is 0 Å². The predicted molar refractivity (Wildman–Crippen MR) is 110 cm³/mol. The topological polar surface area (TPSA) is 76.0 Å². The highest BCUT2D eigenvalue weighted by Gasteiger charge is 2.15. The fraction of sp³-hybridized carbons (Fsp3) is 0.450. The second-order valence-electron chi connectivity index (χ2n) is 7.18. The number of nitrogens with one attached hydrogen (secondary N) is 2. The van der Waals surface area contributed by atoms with E-state index < -0.39 is 6.03 Å². The van der Waals surface area contributed by atoms with E-state index in [-0.39, 0.29) is 11.7 Å². The SMILES string of the molecule is Cc1ccc(NC(=O)NC(=O)CSc2nc(C)c(C)n2CC(C)C)c(C)c1. The second-order valence-corrected chi connectivity index (χ2v) is 8.12. The summed E-state index contributed by atoms with van der Waals surface area (Å²) < 4.78 is 2.13. The number of carbonyl (C=O) groups excluding carboxylic acids is 2. The van der Waals surface area contributed by atoms with Crippen LogP contribution >= 0.6 is 11.8 Å². The standard InChI is InChI=1S/C20H28N4O2S/c1-12(2)10-24-16(6)15(5)21-20(24)27-11-18(25)23-19(26)22-17-8-7-13(3)9-14(17)4/h7-9,12H,10-11H2,1-6H3,(H2,22,23,25,26). The molecule has 0 spiro atoms. The molecular formula is C20H28N4O2S. The van der Waals surface area contributed by atoms with Crippen molar-refractivity contribution in [1.82, 2.24) is 14.9 Å². The maximum atomic E-state index is 12.2. The molecule has 2 N–H and O–H groups in total. The molecule has 3 amide bonds. The average molecular weight is 389 g/mol. The number of hydrogen-bond acceptors (Lipinski definition) is 4. The number of urea groups is 1. The maximum absolute atomic E-state index is 12.2. The molecule has 0 bridgehead atoms. The van der Waals surface area contributed by atoms with E-state index in [1.807, 2.05) is 45.9 Å². The predicted octanol–water partition coefficient (Wildman–Crippen LogP) is 4.21. The van der Waals surface area contributed by atoms with E-state index in [4.69, 9.17) is 0 Å². The number of amides is 3. The van der Waals surface area contributed by atoms with Gasteiger partial charge in [-0.2, -0.15) is 0 Å². The van der Waals surface area contributed by atoms with Gasteiger partial charge in [-0.05, 0) is 45.2 Å². The van der Waals surface area contributed by atoms with Gasteiger partial charge in [0, 0.05) is 17.9 Å². The van der Waals surface area contributed by atoms with Crippen LogP contribution in [-0.4, -0.2) is 27.2 Å². The fourth-order valence-electron chi connectivity index (χ4n) is 2.71. The number of carbonyl (C=O) groups is 2. The molecule has 0 aliphatic heterocycles. The summed E-state index contributed by atoms with van der Waals surface area (Å²) in [4.78, 5) is 28.8. The highest BCUT2D eigenvalue weighted by molar-refractivity contribution is 7.99. The number of imidazole rings is 1. The van der Waals surface area contributed by atoms with Crippen molar-refractivity contribution in [2.75, 3.05) is 11.1 Å². The first-order chi connectivity index (χ1) is 12.7. The van der Waals surface area contributed by atoms with Gasteiger partial charge in [-0.25, -0.2) is 9.78 Å². The maximum Gasteiger partial charge on any atom is 0.325 e. The van der Waals surface area contributed by atoms with Crippen molar-refractivity contribution in [1.29, 1.82) is 0 Å². The highest BCUT2D eigenvalue weighted by Crippen LogP contribution is 2.22. The lowest BCUT2D eigenvalue weighted by molar-refractivity contribution is -0.117. The lowest BCUT2D eigenvalue weighted by Crippen LogP contribution is -2.35. The summed E-state index contributed by atoms with van der Waals surface area (Å²) in [5.41, 5.74) is 4.84. The van der Waals surface area contributed by atoms with Crippen LogP contribution in [0.5, 0.6) is 0 Å². The van der Waals surface area contributed by atoms with Gasteiger partial charge in [0.2, 0.25) is 5.91 Å². The molecule has 0 radical (unpaired) electrons. The van der Waals surface area contributed by atoms with Crippen molar-refractivity contribution in [3.63, 3.8) is 0 Å². The summed E-state index contributed by atoms with van der Waals surface area (Å²) >= 11 is 1.35. The molecule has 2 rings (SSSR count). The Labute approximate surface area is 165 Å². The van der Waals surface area contributed by atoms with E-state index in [0.29, 0.717) is 11.6 Å². The number of nitrogens with zero attached hydrogens (tertiary/aromatic N) is 2. The minimum absolute atomic E-state index is 0.133. The number of imide groups is 1. The van der Waals surface area contributed by atoms with E-state index in [1.54, 1.807) is 0 Å². The molecule has 0 saturated heterocycles. The Kier molecular flexibility index (Phi) is 7.07. The molecule has 1 aromatic carbocycles. The first-order valence-electron chi connectivity index (χ1n) is 9.02. The Morgan fingerprint density at radius 2 is 1.89 bits per heavy atom. The van der Waals surface area contributed by atoms with E-state index in [1.165, 1.54) is 11.8 Å². The van der Waals surface area contributed by atoms with Gasteiger partial charge in [0.25, 0.3) is 0 Å². The summed E-state index contributed by atoms with van der Waals surface area (Å²) in [5, 5.41) is 5.90. The molecule has 1 heterocycles. The van der Waals surface area contributed by atoms with Crippen LogP contribution in [0.4, 0.5) is 10.5 Å². The first kappa shape index (κ1) is 21.0. The number of thioether (sulfide) groups is 1. The lowest BCUT2D eigenvalue weighted by atomic mass is 10.1. The molecule has 7 heteroatoms. The van der Waals surface area contributed by atoms with Crippen LogP contribution in [0.15, 0.2) is 23.4 Å². The van der Waals surface area contributed by atoms with Crippen molar-refractivity contribution in [2.45, 2.75) is 53.2 Å². The molecular weight excluding hydrogens is 360 g/mol. The van der Waals surface area contributed by atoms with Crippen molar-refractivity contribution < 1.29 is 9.59 Å². The molecule has 0 saturated carbocycles. The van der Waals surface area contributed by atoms with E-state index in [9.17, 15) is 9.59 Å². The number of aryl methyl sites for hydroxylation is 3. The van der Waals surface area contributed by atoms with Gasteiger partial charge >= 0.3 is 6.03 Å². The third kappa shape index (κ3) is 5.85. The van der Waals surface area contributed by atoms with Gasteiger partial charge in [-0.15, -0.1) is 0 Å². The third-order valence-corrected chi connectivity index (χ3v) is 5.16. The van der Waals surface area contributed by atoms with Crippen molar-refractivity contribution >= 4 is 29.4 Å². The summed E-state index contributed by atoms with van der Waals surface area (Å²) in [5.74, 6) is 0.263. The Morgan fingerprint density at radius 3 is 2.52 bits per heavy atom. The van der Waals surface area contributed by atoms with Gasteiger partial charge in [0.1, 0.15) is 0 Å². The van der Waals surface area contributed by atoms with Crippen LogP contribution in [0.1, 0.15) is 36.4 Å². The minimum atomic E-state index is -0.523. The van der Waals surface area contributed by atoms with Gasteiger partial charge in [0.15, 0.2) is 5.16 Å². The lowest BCUT2D eigenvalue weighted by Gasteiger charge is -2.12. The molecule has 0 fully saturated rings. The van der Waals surface area contributed by atoms with Crippen LogP contribution < -0.4 is 10.6 Å². The Balaban J connectivity index is 1.92. The number of benzene rings is 1.